The Morgan fingerprint density at radius 3 is 2.73 bits per heavy atom. The van der Waals surface area contributed by atoms with Crippen LogP contribution in [0.2, 0.25) is 5.02 Å². The van der Waals surface area contributed by atoms with Crippen molar-refractivity contribution in [1.82, 2.24) is 4.90 Å². The van der Waals surface area contributed by atoms with Gasteiger partial charge in [0.05, 0.1) is 16.8 Å². The van der Waals surface area contributed by atoms with Crippen LogP contribution in [0.1, 0.15) is 18.4 Å². The second-order valence-corrected chi connectivity index (χ2v) is 8.66. The average Bonchev–Trinajstić information content (AvgIpc) is 3.17. The van der Waals surface area contributed by atoms with Gasteiger partial charge in [-0.2, -0.15) is 0 Å². The third-order valence-electron chi connectivity index (χ3n) is 6.58. The van der Waals surface area contributed by atoms with Gasteiger partial charge in [-0.05, 0) is 61.8 Å². The van der Waals surface area contributed by atoms with Crippen molar-refractivity contribution in [2.45, 2.75) is 18.3 Å². The number of nitrogens with one attached hydrogen (secondary N) is 2. The van der Waals surface area contributed by atoms with Gasteiger partial charge in [0.25, 0.3) is 0 Å². The van der Waals surface area contributed by atoms with Gasteiger partial charge in [-0.1, -0.05) is 18.2 Å². The number of carbonyl (C=O) groups is 1. The zero-order valence-corrected chi connectivity index (χ0v) is 17.8. The van der Waals surface area contributed by atoms with Crippen molar-refractivity contribution in [2.75, 3.05) is 48.8 Å². The van der Waals surface area contributed by atoms with Crippen LogP contribution >= 0.6 is 11.6 Å². The van der Waals surface area contributed by atoms with Crippen molar-refractivity contribution in [1.29, 1.82) is 0 Å². The van der Waals surface area contributed by atoms with Gasteiger partial charge in [0, 0.05) is 30.4 Å². The summed E-state index contributed by atoms with van der Waals surface area (Å²) in [7, 11) is 1.99. The van der Waals surface area contributed by atoms with Crippen LogP contribution in [-0.2, 0) is 10.2 Å². The molecule has 0 aliphatic carbocycles. The summed E-state index contributed by atoms with van der Waals surface area (Å²) in [6, 6.07) is 11.7. The number of halogens is 1. The van der Waals surface area contributed by atoms with Crippen LogP contribution in [0.4, 0.5) is 17.1 Å². The minimum absolute atomic E-state index is 0.105. The van der Waals surface area contributed by atoms with Gasteiger partial charge in [-0.3, -0.25) is 9.69 Å². The molecule has 2 aromatic rings. The number of benzene rings is 2. The predicted molar refractivity (Wildman–Crippen MR) is 121 cm³/mol. The van der Waals surface area contributed by atoms with E-state index in [-0.39, 0.29) is 5.91 Å². The lowest BCUT2D eigenvalue weighted by Crippen LogP contribution is -2.47. The lowest BCUT2D eigenvalue weighted by atomic mass is 9.73. The van der Waals surface area contributed by atoms with Crippen LogP contribution < -0.4 is 20.3 Å². The summed E-state index contributed by atoms with van der Waals surface area (Å²) < 4.78 is 5.99. The van der Waals surface area contributed by atoms with Gasteiger partial charge in [-0.15, -0.1) is 0 Å². The molecular weight excluding hydrogens is 400 g/mol. The standard InChI is InChI=1S/C23H25ClN4O2/c1-15-25-20-14-17(4-6-21(20)27(15)2)30-12-11-28-9-7-23(8-10-28)18-13-16(24)3-5-19(18)26-22(23)29/h3-6,13-14,25H,1,7-12H2,2H3,(H,26,29). The third-order valence-corrected chi connectivity index (χ3v) is 6.81. The largest absolute Gasteiger partial charge is 0.492 e. The zero-order chi connectivity index (χ0) is 20.9. The van der Waals surface area contributed by atoms with Crippen molar-refractivity contribution < 1.29 is 9.53 Å². The van der Waals surface area contributed by atoms with Gasteiger partial charge in [-0.25, -0.2) is 0 Å². The van der Waals surface area contributed by atoms with E-state index >= 15 is 0 Å². The van der Waals surface area contributed by atoms with E-state index < -0.39 is 5.41 Å². The number of piperidine rings is 1. The van der Waals surface area contributed by atoms with Gasteiger partial charge in [0.1, 0.15) is 18.2 Å². The van der Waals surface area contributed by atoms with Crippen LogP contribution in [0.15, 0.2) is 48.8 Å². The highest BCUT2D eigenvalue weighted by Gasteiger charge is 2.48. The molecule has 6 nitrogen and oxygen atoms in total. The van der Waals surface area contributed by atoms with Crippen LogP contribution in [0.25, 0.3) is 0 Å². The maximum Gasteiger partial charge on any atom is 0.235 e. The van der Waals surface area contributed by atoms with Gasteiger partial charge in [0.15, 0.2) is 0 Å². The first-order chi connectivity index (χ1) is 14.5. The van der Waals surface area contributed by atoms with Crippen molar-refractivity contribution in [3.8, 4) is 5.75 Å². The lowest BCUT2D eigenvalue weighted by molar-refractivity contribution is -0.122. The molecule has 7 heteroatoms. The molecule has 3 aliphatic rings. The Labute approximate surface area is 181 Å². The number of amides is 1. The van der Waals surface area contributed by atoms with Crippen LogP contribution in [-0.4, -0.2) is 44.1 Å². The van der Waals surface area contributed by atoms with E-state index in [1.54, 1.807) is 0 Å². The number of hydrogen-bond acceptors (Lipinski definition) is 5. The van der Waals surface area contributed by atoms with Crippen LogP contribution in [0, 0.1) is 0 Å². The summed E-state index contributed by atoms with van der Waals surface area (Å²) in [5.41, 5.74) is 3.62. The SMILES string of the molecule is C=C1Nc2cc(OCCN3CCC4(CC3)C(=O)Nc3ccc(Cl)cc34)ccc2N1C. The lowest BCUT2D eigenvalue weighted by Gasteiger charge is -2.38. The minimum atomic E-state index is -0.447. The summed E-state index contributed by atoms with van der Waals surface area (Å²) >= 11 is 6.20. The molecule has 0 radical (unpaired) electrons. The summed E-state index contributed by atoms with van der Waals surface area (Å²) in [4.78, 5) is 17.1. The fraction of sp³-hybridized carbons (Fsp3) is 0.348. The molecule has 1 spiro atoms. The molecule has 156 valence electrons. The molecule has 0 unspecified atom stereocenters. The topological polar surface area (TPSA) is 56.8 Å². The first kappa shape index (κ1) is 19.3. The number of anilines is 3. The predicted octanol–water partition coefficient (Wildman–Crippen LogP) is 4.04. The summed E-state index contributed by atoms with van der Waals surface area (Å²) in [6.07, 6.45) is 1.59. The van der Waals surface area contributed by atoms with Crippen molar-refractivity contribution in [3.63, 3.8) is 0 Å². The summed E-state index contributed by atoms with van der Waals surface area (Å²) in [5.74, 6) is 1.81. The maximum atomic E-state index is 12.8. The molecule has 2 aromatic carbocycles. The Balaban J connectivity index is 1.17. The van der Waals surface area contributed by atoms with E-state index in [0.717, 1.165) is 66.7 Å². The molecule has 0 aromatic heterocycles. The van der Waals surface area contributed by atoms with Crippen molar-refractivity contribution in [2.24, 2.45) is 0 Å². The first-order valence-electron chi connectivity index (χ1n) is 10.3. The molecule has 1 saturated heterocycles. The monoisotopic (exact) mass is 424 g/mol. The van der Waals surface area contributed by atoms with Crippen molar-refractivity contribution in [3.05, 3.63) is 59.4 Å². The Kier molecular flexibility index (Phi) is 4.64. The van der Waals surface area contributed by atoms with Crippen molar-refractivity contribution >= 4 is 34.6 Å². The second kappa shape index (κ2) is 7.22. The first-order valence-corrected chi connectivity index (χ1v) is 10.6. The van der Waals surface area contributed by atoms with E-state index in [0.29, 0.717) is 11.6 Å². The van der Waals surface area contributed by atoms with E-state index in [1.807, 2.05) is 48.3 Å². The summed E-state index contributed by atoms with van der Waals surface area (Å²) in [6.45, 7) is 7.15. The molecule has 0 bridgehead atoms. The molecule has 3 aliphatic heterocycles. The van der Waals surface area contributed by atoms with E-state index in [4.69, 9.17) is 16.3 Å². The average molecular weight is 425 g/mol. The number of ether oxygens (including phenoxy) is 1. The number of carbonyl (C=O) groups excluding carboxylic acids is 1. The Morgan fingerprint density at radius 2 is 1.93 bits per heavy atom. The molecule has 2 N–H and O–H groups in total. The van der Waals surface area contributed by atoms with E-state index in [1.165, 1.54) is 0 Å². The normalized spacial score (nSPS) is 19.5. The smallest absolute Gasteiger partial charge is 0.235 e. The van der Waals surface area contributed by atoms with E-state index in [2.05, 4.69) is 22.1 Å². The molecular formula is C23H25ClN4O2. The molecule has 0 saturated carbocycles. The number of nitrogens with zero attached hydrogens (tertiary/aromatic N) is 2. The number of fused-ring (bicyclic) bond motifs is 3. The molecule has 30 heavy (non-hydrogen) atoms. The number of likely N-dealkylation sites (tertiary alicyclic amines) is 1. The third kappa shape index (κ3) is 3.11. The highest BCUT2D eigenvalue weighted by Crippen LogP contribution is 2.45. The van der Waals surface area contributed by atoms with E-state index in [9.17, 15) is 4.79 Å². The molecule has 1 amide bonds. The minimum Gasteiger partial charge on any atom is -0.492 e. The quantitative estimate of drug-likeness (QED) is 0.775. The Bertz CT molecular complexity index is 1030. The van der Waals surface area contributed by atoms with Gasteiger partial charge in [0.2, 0.25) is 5.91 Å². The van der Waals surface area contributed by atoms with Gasteiger partial charge < -0.3 is 20.3 Å². The molecule has 3 heterocycles. The zero-order valence-electron chi connectivity index (χ0n) is 17.0. The number of rotatable bonds is 4. The number of hydrogen-bond donors (Lipinski definition) is 2. The summed E-state index contributed by atoms with van der Waals surface area (Å²) in [5, 5.41) is 6.98. The van der Waals surface area contributed by atoms with Crippen LogP contribution in [0.3, 0.4) is 0 Å². The fourth-order valence-corrected chi connectivity index (χ4v) is 4.89. The van der Waals surface area contributed by atoms with Gasteiger partial charge >= 0.3 is 0 Å². The highest BCUT2D eigenvalue weighted by atomic mass is 35.5. The maximum absolute atomic E-state index is 12.8. The second-order valence-electron chi connectivity index (χ2n) is 8.23. The highest BCUT2D eigenvalue weighted by molar-refractivity contribution is 6.31. The fourth-order valence-electron chi connectivity index (χ4n) is 4.72. The molecule has 1 fully saturated rings. The Morgan fingerprint density at radius 1 is 1.13 bits per heavy atom. The molecule has 5 rings (SSSR count). The Hall–Kier alpha value is -2.70. The van der Waals surface area contributed by atoms with Crippen LogP contribution in [0.5, 0.6) is 5.75 Å². The molecule has 0 atom stereocenters.